The molecule has 0 aliphatic heterocycles. The van der Waals surface area contributed by atoms with E-state index in [2.05, 4.69) is 0 Å². The van der Waals surface area contributed by atoms with Crippen LogP contribution < -0.4 is 0 Å². The van der Waals surface area contributed by atoms with Crippen molar-refractivity contribution in [3.63, 3.8) is 0 Å². The molecule has 3 nitrogen and oxygen atoms in total. The highest BCUT2D eigenvalue weighted by Crippen LogP contribution is 2.23. The molecule has 1 rings (SSSR count). The van der Waals surface area contributed by atoms with Gasteiger partial charge in [-0.3, -0.25) is 9.59 Å². The van der Waals surface area contributed by atoms with E-state index in [4.69, 9.17) is 16.9 Å². The molecule has 1 aromatic carbocycles. The lowest BCUT2D eigenvalue weighted by atomic mass is 10.0. The number of benzene rings is 1. The Kier molecular flexibility index (Phi) is 3.00. The molecule has 0 heterocycles. The Morgan fingerprint density at radius 2 is 2.21 bits per heavy atom. The van der Waals surface area contributed by atoms with Gasteiger partial charge in [0.2, 0.25) is 0 Å². The number of carbonyl (C=O) groups excluding carboxylic acids is 2. The molecule has 0 saturated heterocycles. The predicted octanol–water partition coefficient (Wildman–Crippen LogP) is 2.23. The third kappa shape index (κ3) is 1.66. The van der Waals surface area contributed by atoms with Crippen molar-refractivity contribution in [3.8, 4) is 6.07 Å². The molecule has 0 aromatic heterocycles. The molecule has 0 aliphatic rings. The lowest BCUT2D eigenvalue weighted by Gasteiger charge is -2.03. The van der Waals surface area contributed by atoms with E-state index in [1.807, 2.05) is 0 Å². The Morgan fingerprint density at radius 3 is 2.64 bits per heavy atom. The summed E-state index contributed by atoms with van der Waals surface area (Å²) in [5.74, 6) is -0.232. The molecular weight excluding hydrogens is 202 g/mol. The smallest absolute Gasteiger partial charge is 0.161 e. The number of rotatable bonds is 2. The van der Waals surface area contributed by atoms with E-state index in [-0.39, 0.29) is 27.5 Å². The van der Waals surface area contributed by atoms with Gasteiger partial charge in [0.25, 0.3) is 0 Å². The number of nitrogens with zero attached hydrogens (tertiary/aromatic N) is 1. The molecule has 0 atom stereocenters. The molecule has 0 N–H and O–H groups in total. The number of hydrogen-bond donors (Lipinski definition) is 0. The van der Waals surface area contributed by atoms with Crippen molar-refractivity contribution in [1.29, 1.82) is 5.26 Å². The molecule has 0 unspecified atom stereocenters. The average molecular weight is 208 g/mol. The van der Waals surface area contributed by atoms with Gasteiger partial charge in [-0.2, -0.15) is 5.26 Å². The first kappa shape index (κ1) is 10.4. The minimum Gasteiger partial charge on any atom is -0.298 e. The fourth-order valence-corrected chi connectivity index (χ4v) is 1.42. The number of nitriles is 1. The summed E-state index contributed by atoms with van der Waals surface area (Å²) in [5, 5.41) is 8.78. The first-order chi connectivity index (χ1) is 6.61. The average Bonchev–Trinajstić information content (AvgIpc) is 2.16. The van der Waals surface area contributed by atoms with Crippen molar-refractivity contribution >= 4 is 23.7 Å². The monoisotopic (exact) mass is 207 g/mol. The third-order valence-electron chi connectivity index (χ3n) is 1.79. The van der Waals surface area contributed by atoms with E-state index in [1.165, 1.54) is 19.1 Å². The molecule has 0 spiro atoms. The second-order valence-electron chi connectivity index (χ2n) is 2.68. The van der Waals surface area contributed by atoms with Gasteiger partial charge in [0.1, 0.15) is 6.07 Å². The van der Waals surface area contributed by atoms with Gasteiger partial charge >= 0.3 is 0 Å². The third-order valence-corrected chi connectivity index (χ3v) is 2.18. The molecule has 0 bridgehead atoms. The van der Waals surface area contributed by atoms with Crippen LogP contribution in [0.5, 0.6) is 0 Å². The van der Waals surface area contributed by atoms with Gasteiger partial charge in [0.05, 0.1) is 10.6 Å². The van der Waals surface area contributed by atoms with Crippen molar-refractivity contribution in [2.45, 2.75) is 6.92 Å². The molecule has 0 fully saturated rings. The van der Waals surface area contributed by atoms with Gasteiger partial charge in [-0.15, -0.1) is 0 Å². The number of ketones is 1. The number of aldehydes is 1. The summed E-state index contributed by atoms with van der Waals surface area (Å²) in [4.78, 5) is 21.6. The zero-order valence-electron chi connectivity index (χ0n) is 7.37. The minimum absolute atomic E-state index is 0.0459. The molecule has 0 saturated carbocycles. The predicted molar refractivity (Wildman–Crippen MR) is 51.6 cm³/mol. The maximum absolute atomic E-state index is 11.1. The van der Waals surface area contributed by atoms with E-state index in [0.29, 0.717) is 6.29 Å². The number of Topliss-reactive ketones (excluding diaryl/α,β-unsaturated/α-hetero) is 1. The van der Waals surface area contributed by atoms with Gasteiger partial charge < -0.3 is 0 Å². The van der Waals surface area contributed by atoms with E-state index in [0.717, 1.165) is 0 Å². The zero-order valence-corrected chi connectivity index (χ0v) is 8.13. The molecule has 0 radical (unpaired) electrons. The molecule has 70 valence electrons. The molecule has 4 heteroatoms. The number of carbonyl (C=O) groups is 2. The largest absolute Gasteiger partial charge is 0.298 e. The molecule has 0 amide bonds. The lowest BCUT2D eigenvalue weighted by Crippen LogP contribution is -1.98. The Morgan fingerprint density at radius 1 is 1.57 bits per heavy atom. The SMILES string of the molecule is CC(=O)c1ccc(C=O)c(C#N)c1Cl. The topological polar surface area (TPSA) is 57.9 Å². The van der Waals surface area contributed by atoms with Crippen LogP contribution in [0.3, 0.4) is 0 Å². The van der Waals surface area contributed by atoms with Gasteiger partial charge in [0, 0.05) is 11.1 Å². The highest BCUT2D eigenvalue weighted by atomic mass is 35.5. The Balaban J connectivity index is 3.52. The Bertz CT molecular complexity index is 446. The molecule has 0 aliphatic carbocycles. The summed E-state index contributed by atoms with van der Waals surface area (Å²) in [6, 6.07) is 4.65. The standard InChI is InChI=1S/C10H6ClNO2/c1-6(14)8-3-2-7(5-13)9(4-12)10(8)11/h2-3,5H,1H3. The maximum Gasteiger partial charge on any atom is 0.161 e. The van der Waals surface area contributed by atoms with Gasteiger partial charge in [-0.05, 0) is 19.1 Å². The van der Waals surface area contributed by atoms with Crippen molar-refractivity contribution in [3.05, 3.63) is 33.8 Å². The van der Waals surface area contributed by atoms with Crippen LogP contribution in [-0.4, -0.2) is 12.1 Å². The van der Waals surface area contributed by atoms with Crippen LogP contribution in [0.2, 0.25) is 5.02 Å². The van der Waals surface area contributed by atoms with E-state index in [9.17, 15) is 9.59 Å². The summed E-state index contributed by atoms with van der Waals surface area (Å²) in [6.07, 6.45) is 0.536. The fourth-order valence-electron chi connectivity index (χ4n) is 1.07. The van der Waals surface area contributed by atoms with Gasteiger partial charge in [-0.1, -0.05) is 11.6 Å². The normalized spacial score (nSPS) is 9.21. The van der Waals surface area contributed by atoms with Crippen LogP contribution in [0.4, 0.5) is 0 Å². The van der Waals surface area contributed by atoms with Gasteiger partial charge in [-0.25, -0.2) is 0 Å². The van der Waals surface area contributed by atoms with Crippen LogP contribution in [0.25, 0.3) is 0 Å². The van der Waals surface area contributed by atoms with Crippen LogP contribution >= 0.6 is 11.6 Å². The van der Waals surface area contributed by atoms with Crippen LogP contribution in [-0.2, 0) is 0 Å². The molecular formula is C10H6ClNO2. The summed E-state index contributed by atoms with van der Waals surface area (Å²) in [5.41, 5.74) is 0.505. The number of halogens is 1. The van der Waals surface area contributed by atoms with Crippen molar-refractivity contribution < 1.29 is 9.59 Å². The van der Waals surface area contributed by atoms with Crippen LogP contribution in [0.15, 0.2) is 12.1 Å². The maximum atomic E-state index is 11.1. The quantitative estimate of drug-likeness (QED) is 0.552. The second kappa shape index (κ2) is 4.03. The second-order valence-corrected chi connectivity index (χ2v) is 3.06. The van der Waals surface area contributed by atoms with Crippen molar-refractivity contribution in [2.75, 3.05) is 0 Å². The highest BCUT2D eigenvalue weighted by Gasteiger charge is 2.13. The first-order valence-electron chi connectivity index (χ1n) is 3.80. The first-order valence-corrected chi connectivity index (χ1v) is 4.18. The van der Waals surface area contributed by atoms with E-state index < -0.39 is 0 Å². The summed E-state index contributed by atoms with van der Waals surface area (Å²) in [6.45, 7) is 1.35. The Labute approximate surface area is 85.9 Å². The minimum atomic E-state index is -0.232. The summed E-state index contributed by atoms with van der Waals surface area (Å²) < 4.78 is 0. The van der Waals surface area contributed by atoms with Gasteiger partial charge in [0.15, 0.2) is 12.1 Å². The fraction of sp³-hybridized carbons (Fsp3) is 0.100. The Hall–Kier alpha value is -1.66. The highest BCUT2D eigenvalue weighted by molar-refractivity contribution is 6.35. The van der Waals surface area contributed by atoms with Crippen molar-refractivity contribution in [1.82, 2.24) is 0 Å². The number of hydrogen-bond acceptors (Lipinski definition) is 3. The van der Waals surface area contributed by atoms with E-state index >= 15 is 0 Å². The van der Waals surface area contributed by atoms with Crippen molar-refractivity contribution in [2.24, 2.45) is 0 Å². The van der Waals surface area contributed by atoms with E-state index in [1.54, 1.807) is 6.07 Å². The van der Waals surface area contributed by atoms with Crippen LogP contribution in [0, 0.1) is 11.3 Å². The molecule has 14 heavy (non-hydrogen) atoms. The summed E-state index contributed by atoms with van der Waals surface area (Å²) >= 11 is 5.79. The summed E-state index contributed by atoms with van der Waals surface area (Å²) in [7, 11) is 0. The van der Waals surface area contributed by atoms with Crippen LogP contribution in [0.1, 0.15) is 33.2 Å². The lowest BCUT2D eigenvalue weighted by molar-refractivity contribution is 0.101. The zero-order chi connectivity index (χ0) is 10.7. The molecule has 1 aromatic rings.